The molecule has 1 saturated heterocycles. The van der Waals surface area contributed by atoms with Crippen LogP contribution in [0.4, 0.5) is 5.69 Å². The lowest BCUT2D eigenvalue weighted by Gasteiger charge is -2.36. The molecular weight excluding hydrogens is 264 g/mol. The summed E-state index contributed by atoms with van der Waals surface area (Å²) in [4.78, 5) is 38.1. The second-order valence-electron chi connectivity index (χ2n) is 4.23. The fourth-order valence-electron chi connectivity index (χ4n) is 1.93. The van der Waals surface area contributed by atoms with Gasteiger partial charge < -0.3 is 0 Å². The Hall–Kier alpha value is -2.08. The van der Waals surface area contributed by atoms with Gasteiger partial charge in [0.05, 0.1) is 5.69 Å². The van der Waals surface area contributed by atoms with Gasteiger partial charge in [0, 0.05) is 7.05 Å². The van der Waals surface area contributed by atoms with E-state index in [4.69, 9.17) is 12.2 Å². The largest absolute Gasteiger partial charge is 0.299 e. The van der Waals surface area contributed by atoms with Gasteiger partial charge in [-0.25, -0.2) is 0 Å². The van der Waals surface area contributed by atoms with Gasteiger partial charge in [-0.3, -0.25) is 24.2 Å². The van der Waals surface area contributed by atoms with Crippen LogP contribution in [-0.4, -0.2) is 34.7 Å². The summed E-state index contributed by atoms with van der Waals surface area (Å²) in [7, 11) is 1.46. The number of rotatable bonds is 2. The van der Waals surface area contributed by atoms with E-state index in [1.165, 1.54) is 18.9 Å². The predicted molar refractivity (Wildman–Crippen MR) is 73.5 cm³/mol. The number of carbonyl (C=O) groups is 3. The van der Waals surface area contributed by atoms with Crippen molar-refractivity contribution in [2.75, 3.05) is 11.9 Å². The van der Waals surface area contributed by atoms with Crippen LogP contribution < -0.4 is 4.90 Å². The second-order valence-corrected chi connectivity index (χ2v) is 4.60. The molecule has 19 heavy (non-hydrogen) atoms. The Bertz CT molecular complexity index is 571. The fourth-order valence-corrected chi connectivity index (χ4v) is 2.21. The van der Waals surface area contributed by atoms with Crippen molar-refractivity contribution in [2.24, 2.45) is 5.92 Å². The predicted octanol–water partition coefficient (Wildman–Crippen LogP) is 0.982. The molecule has 1 aromatic carbocycles. The van der Waals surface area contributed by atoms with Crippen LogP contribution in [0.2, 0.25) is 0 Å². The number of nitrogens with zero attached hydrogens (tertiary/aromatic N) is 2. The third kappa shape index (κ3) is 2.15. The molecule has 98 valence electrons. The number of para-hydroxylation sites is 1. The van der Waals surface area contributed by atoms with Crippen LogP contribution >= 0.6 is 12.2 Å². The van der Waals surface area contributed by atoms with E-state index in [1.54, 1.807) is 30.3 Å². The molecule has 1 unspecified atom stereocenters. The SMILES string of the molecule is CC(=O)C1C(=O)N(C)C(=S)N(c2ccccc2)C1=O. The first-order valence-corrected chi connectivity index (χ1v) is 6.07. The Morgan fingerprint density at radius 3 is 2.26 bits per heavy atom. The van der Waals surface area contributed by atoms with Gasteiger partial charge in [-0.05, 0) is 31.3 Å². The molecule has 1 fully saturated rings. The number of thiocarbonyl (C=S) groups is 1. The lowest BCUT2D eigenvalue weighted by Crippen LogP contribution is -2.60. The first-order valence-electron chi connectivity index (χ1n) is 5.66. The van der Waals surface area contributed by atoms with Crippen molar-refractivity contribution in [1.29, 1.82) is 0 Å². The number of benzene rings is 1. The van der Waals surface area contributed by atoms with Crippen LogP contribution in [0.3, 0.4) is 0 Å². The summed E-state index contributed by atoms with van der Waals surface area (Å²) in [6.07, 6.45) is 0. The highest BCUT2D eigenvalue weighted by Crippen LogP contribution is 2.24. The molecule has 5 nitrogen and oxygen atoms in total. The van der Waals surface area contributed by atoms with Crippen molar-refractivity contribution in [2.45, 2.75) is 6.92 Å². The summed E-state index contributed by atoms with van der Waals surface area (Å²) >= 11 is 5.12. The number of Topliss-reactive ketones (excluding diaryl/α,β-unsaturated/α-hetero) is 1. The van der Waals surface area contributed by atoms with Gasteiger partial charge in [0.15, 0.2) is 16.8 Å². The number of hydrogen-bond acceptors (Lipinski definition) is 4. The Labute approximate surface area is 115 Å². The summed E-state index contributed by atoms with van der Waals surface area (Å²) in [6, 6.07) is 8.71. The molecule has 0 bridgehead atoms. The van der Waals surface area contributed by atoms with Crippen molar-refractivity contribution in [1.82, 2.24) is 4.90 Å². The van der Waals surface area contributed by atoms with E-state index < -0.39 is 23.5 Å². The Balaban J connectivity index is 2.49. The van der Waals surface area contributed by atoms with Gasteiger partial charge in [-0.15, -0.1) is 0 Å². The third-order valence-electron chi connectivity index (χ3n) is 2.94. The van der Waals surface area contributed by atoms with Crippen LogP contribution in [-0.2, 0) is 14.4 Å². The van der Waals surface area contributed by atoms with Gasteiger partial charge in [0.2, 0.25) is 5.91 Å². The smallest absolute Gasteiger partial charge is 0.253 e. The molecule has 1 atom stereocenters. The summed E-state index contributed by atoms with van der Waals surface area (Å²) < 4.78 is 0. The molecule has 1 aromatic rings. The van der Waals surface area contributed by atoms with E-state index in [0.29, 0.717) is 5.69 Å². The van der Waals surface area contributed by atoms with Gasteiger partial charge in [-0.1, -0.05) is 18.2 Å². The monoisotopic (exact) mass is 276 g/mol. The highest BCUT2D eigenvalue weighted by molar-refractivity contribution is 7.80. The Morgan fingerprint density at radius 1 is 1.16 bits per heavy atom. The number of anilines is 1. The molecular formula is C13H12N2O3S. The zero-order valence-corrected chi connectivity index (χ0v) is 11.3. The van der Waals surface area contributed by atoms with Crippen LogP contribution in [0.1, 0.15) is 6.92 Å². The lowest BCUT2D eigenvalue weighted by atomic mass is 9.99. The van der Waals surface area contributed by atoms with Gasteiger partial charge in [-0.2, -0.15) is 0 Å². The van der Waals surface area contributed by atoms with Crippen molar-refractivity contribution in [3.63, 3.8) is 0 Å². The minimum Gasteiger partial charge on any atom is -0.299 e. The van der Waals surface area contributed by atoms with Crippen LogP contribution in [0, 0.1) is 5.92 Å². The maximum atomic E-state index is 12.3. The summed E-state index contributed by atoms with van der Waals surface area (Å²) in [5.74, 6) is -2.95. The molecule has 0 N–H and O–H groups in total. The molecule has 0 aliphatic carbocycles. The number of carbonyl (C=O) groups excluding carboxylic acids is 3. The summed E-state index contributed by atoms with van der Waals surface area (Å²) in [5, 5.41) is 0.0821. The highest BCUT2D eigenvalue weighted by Gasteiger charge is 2.45. The second kappa shape index (κ2) is 4.89. The highest BCUT2D eigenvalue weighted by atomic mass is 32.1. The van der Waals surface area contributed by atoms with Crippen LogP contribution in [0.5, 0.6) is 0 Å². The van der Waals surface area contributed by atoms with E-state index in [1.807, 2.05) is 0 Å². The first kappa shape index (κ1) is 13.4. The van der Waals surface area contributed by atoms with E-state index in [9.17, 15) is 14.4 Å². The number of amides is 2. The molecule has 0 radical (unpaired) electrons. The van der Waals surface area contributed by atoms with Crippen LogP contribution in [0.25, 0.3) is 0 Å². The van der Waals surface area contributed by atoms with Crippen molar-refractivity contribution in [3.8, 4) is 0 Å². The van der Waals surface area contributed by atoms with E-state index in [-0.39, 0.29) is 5.11 Å². The first-order chi connectivity index (χ1) is 8.95. The minimum absolute atomic E-state index is 0.0821. The van der Waals surface area contributed by atoms with Crippen molar-refractivity contribution >= 4 is 40.6 Å². The van der Waals surface area contributed by atoms with Gasteiger partial charge in [0.25, 0.3) is 5.91 Å². The standard InChI is InChI=1S/C13H12N2O3S/c1-8(16)10-11(17)14(2)13(19)15(12(10)18)9-6-4-3-5-7-9/h3-7,10H,1-2H3. The lowest BCUT2D eigenvalue weighted by molar-refractivity contribution is -0.144. The number of hydrogen-bond donors (Lipinski definition) is 0. The molecule has 6 heteroatoms. The Morgan fingerprint density at radius 2 is 1.74 bits per heavy atom. The topological polar surface area (TPSA) is 57.7 Å². The van der Waals surface area contributed by atoms with Crippen molar-refractivity contribution < 1.29 is 14.4 Å². The zero-order chi connectivity index (χ0) is 14.2. The average molecular weight is 276 g/mol. The van der Waals surface area contributed by atoms with Gasteiger partial charge >= 0.3 is 0 Å². The quantitative estimate of drug-likeness (QED) is 0.597. The van der Waals surface area contributed by atoms with Crippen LogP contribution in [0.15, 0.2) is 30.3 Å². The molecule has 1 aliphatic rings. The maximum Gasteiger partial charge on any atom is 0.253 e. The average Bonchev–Trinajstić information content (AvgIpc) is 2.37. The summed E-state index contributed by atoms with van der Waals surface area (Å²) in [5.41, 5.74) is 0.545. The fraction of sp³-hybridized carbons (Fsp3) is 0.231. The minimum atomic E-state index is -1.31. The molecule has 1 heterocycles. The summed E-state index contributed by atoms with van der Waals surface area (Å²) in [6.45, 7) is 1.23. The van der Waals surface area contributed by atoms with Gasteiger partial charge in [0.1, 0.15) is 0 Å². The number of ketones is 1. The third-order valence-corrected chi connectivity index (χ3v) is 3.40. The molecule has 1 aliphatic heterocycles. The maximum absolute atomic E-state index is 12.3. The van der Waals surface area contributed by atoms with E-state index >= 15 is 0 Å². The van der Waals surface area contributed by atoms with Crippen molar-refractivity contribution in [3.05, 3.63) is 30.3 Å². The molecule has 0 saturated carbocycles. The van der Waals surface area contributed by atoms with E-state index in [0.717, 1.165) is 4.90 Å². The molecule has 2 rings (SSSR count). The molecule has 2 amide bonds. The molecule has 0 aromatic heterocycles. The normalized spacial score (nSPS) is 19.9. The Kier molecular flexibility index (Phi) is 3.44. The van der Waals surface area contributed by atoms with E-state index in [2.05, 4.69) is 0 Å². The zero-order valence-electron chi connectivity index (χ0n) is 10.5. The molecule has 0 spiro atoms.